The lowest BCUT2D eigenvalue weighted by atomic mass is 10.2. The van der Waals surface area contributed by atoms with Gasteiger partial charge in [0.1, 0.15) is 5.82 Å². The van der Waals surface area contributed by atoms with Crippen LogP contribution in [-0.2, 0) is 4.79 Å². The van der Waals surface area contributed by atoms with Crippen molar-refractivity contribution in [3.8, 4) is 17.1 Å². The molecule has 1 amide bonds. The summed E-state index contributed by atoms with van der Waals surface area (Å²) in [6.07, 6.45) is 0. The van der Waals surface area contributed by atoms with Gasteiger partial charge in [-0.2, -0.15) is 0 Å². The fourth-order valence-electron chi connectivity index (χ4n) is 2.95. The molecule has 0 aliphatic carbocycles. The Bertz CT molecular complexity index is 1160. The van der Waals surface area contributed by atoms with Crippen LogP contribution < -0.4 is 5.32 Å². The molecule has 0 radical (unpaired) electrons. The minimum atomic E-state index is -0.350. The number of benzene rings is 3. The van der Waals surface area contributed by atoms with Crippen LogP contribution in [0.4, 0.5) is 10.1 Å². The van der Waals surface area contributed by atoms with E-state index in [9.17, 15) is 9.18 Å². The molecule has 0 aliphatic rings. The first-order valence-electron chi connectivity index (χ1n) is 9.37. The Hall–Kier alpha value is -3.45. The van der Waals surface area contributed by atoms with E-state index in [2.05, 4.69) is 15.5 Å². The fraction of sp³-hybridized carbons (Fsp3) is 0.0870. The van der Waals surface area contributed by atoms with Crippen LogP contribution in [0, 0.1) is 12.7 Å². The van der Waals surface area contributed by atoms with Crippen molar-refractivity contribution in [2.24, 2.45) is 0 Å². The molecule has 0 saturated carbocycles. The lowest BCUT2D eigenvalue weighted by Crippen LogP contribution is -2.14. The minimum absolute atomic E-state index is 0.120. The minimum Gasteiger partial charge on any atom is -0.325 e. The summed E-state index contributed by atoms with van der Waals surface area (Å²) in [5, 5.41) is 12.0. The molecule has 3 aromatic carbocycles. The molecule has 0 spiro atoms. The first kappa shape index (κ1) is 19.8. The number of amides is 1. The highest BCUT2D eigenvalue weighted by Crippen LogP contribution is 2.28. The largest absolute Gasteiger partial charge is 0.325 e. The monoisotopic (exact) mass is 418 g/mol. The summed E-state index contributed by atoms with van der Waals surface area (Å²) in [4.78, 5) is 12.4. The topological polar surface area (TPSA) is 59.8 Å². The Kier molecular flexibility index (Phi) is 5.90. The van der Waals surface area contributed by atoms with Crippen LogP contribution in [0.15, 0.2) is 84.0 Å². The van der Waals surface area contributed by atoms with Gasteiger partial charge in [-0.25, -0.2) is 4.39 Å². The molecule has 150 valence electrons. The number of aromatic nitrogens is 3. The van der Waals surface area contributed by atoms with Gasteiger partial charge in [-0.15, -0.1) is 10.2 Å². The third-order valence-corrected chi connectivity index (χ3v) is 5.40. The average Bonchev–Trinajstić information content (AvgIpc) is 3.20. The van der Waals surface area contributed by atoms with Gasteiger partial charge in [0.25, 0.3) is 0 Å². The van der Waals surface area contributed by atoms with E-state index in [1.807, 2.05) is 65.2 Å². The Morgan fingerprint density at radius 3 is 2.40 bits per heavy atom. The third kappa shape index (κ3) is 4.41. The Morgan fingerprint density at radius 1 is 1.00 bits per heavy atom. The van der Waals surface area contributed by atoms with Gasteiger partial charge in [-0.05, 0) is 36.8 Å². The van der Waals surface area contributed by atoms with Crippen LogP contribution in [0.1, 0.15) is 5.56 Å². The van der Waals surface area contributed by atoms with Crippen molar-refractivity contribution < 1.29 is 9.18 Å². The molecule has 0 saturated heterocycles. The van der Waals surface area contributed by atoms with Gasteiger partial charge in [-0.1, -0.05) is 66.4 Å². The van der Waals surface area contributed by atoms with Crippen molar-refractivity contribution in [3.63, 3.8) is 0 Å². The van der Waals surface area contributed by atoms with E-state index in [1.54, 1.807) is 19.1 Å². The van der Waals surface area contributed by atoms with Crippen LogP contribution in [0.25, 0.3) is 17.1 Å². The number of para-hydroxylation sites is 1. The highest BCUT2D eigenvalue weighted by molar-refractivity contribution is 7.99. The molecule has 5 nitrogen and oxygen atoms in total. The molecule has 1 N–H and O–H groups in total. The maximum absolute atomic E-state index is 13.7. The molecule has 30 heavy (non-hydrogen) atoms. The van der Waals surface area contributed by atoms with Crippen molar-refractivity contribution in [2.75, 3.05) is 11.1 Å². The summed E-state index contributed by atoms with van der Waals surface area (Å²) in [7, 11) is 0. The van der Waals surface area contributed by atoms with Gasteiger partial charge in [-0.3, -0.25) is 9.36 Å². The van der Waals surface area contributed by atoms with Crippen LogP contribution in [-0.4, -0.2) is 26.4 Å². The van der Waals surface area contributed by atoms with E-state index in [4.69, 9.17) is 0 Å². The normalized spacial score (nSPS) is 10.7. The fourth-order valence-corrected chi connectivity index (χ4v) is 3.70. The van der Waals surface area contributed by atoms with Crippen molar-refractivity contribution >= 4 is 23.4 Å². The zero-order valence-electron chi connectivity index (χ0n) is 16.2. The molecule has 4 rings (SSSR count). The van der Waals surface area contributed by atoms with E-state index in [0.717, 1.165) is 11.3 Å². The highest BCUT2D eigenvalue weighted by atomic mass is 32.2. The van der Waals surface area contributed by atoms with E-state index >= 15 is 0 Å². The third-order valence-electron chi connectivity index (χ3n) is 4.47. The summed E-state index contributed by atoms with van der Waals surface area (Å²) in [6.45, 7) is 1.68. The van der Waals surface area contributed by atoms with Crippen LogP contribution in [0.3, 0.4) is 0 Å². The smallest absolute Gasteiger partial charge is 0.234 e. The van der Waals surface area contributed by atoms with Crippen molar-refractivity contribution in [1.29, 1.82) is 0 Å². The molecule has 7 heteroatoms. The zero-order chi connectivity index (χ0) is 20.9. The lowest BCUT2D eigenvalue weighted by molar-refractivity contribution is -0.113. The van der Waals surface area contributed by atoms with Gasteiger partial charge >= 0.3 is 0 Å². The molecule has 1 heterocycles. The number of thioether (sulfide) groups is 1. The van der Waals surface area contributed by atoms with Gasteiger partial charge in [0.2, 0.25) is 5.91 Å². The van der Waals surface area contributed by atoms with E-state index in [-0.39, 0.29) is 17.5 Å². The molecule has 1 aromatic heterocycles. The number of anilines is 1. The van der Waals surface area contributed by atoms with Gasteiger partial charge in [0.05, 0.1) is 5.75 Å². The van der Waals surface area contributed by atoms with Crippen LogP contribution in [0.5, 0.6) is 0 Å². The Morgan fingerprint density at radius 2 is 1.70 bits per heavy atom. The second-order valence-corrected chi connectivity index (χ2v) is 7.59. The predicted molar refractivity (Wildman–Crippen MR) is 117 cm³/mol. The van der Waals surface area contributed by atoms with Gasteiger partial charge < -0.3 is 5.32 Å². The molecule has 0 atom stereocenters. The van der Waals surface area contributed by atoms with E-state index in [1.165, 1.54) is 17.8 Å². The second kappa shape index (κ2) is 8.92. The van der Waals surface area contributed by atoms with Crippen molar-refractivity contribution in [3.05, 3.63) is 90.2 Å². The SMILES string of the molecule is Cc1ccc(NC(=O)CSc2nnc(-c3ccccc3)n2-c2ccccc2)cc1F. The Labute approximate surface area is 178 Å². The maximum atomic E-state index is 13.7. The molecule has 0 aliphatic heterocycles. The van der Waals surface area contributed by atoms with Crippen LogP contribution >= 0.6 is 11.8 Å². The Balaban J connectivity index is 1.56. The average molecular weight is 418 g/mol. The second-order valence-electron chi connectivity index (χ2n) is 6.64. The van der Waals surface area contributed by atoms with E-state index < -0.39 is 0 Å². The summed E-state index contributed by atoms with van der Waals surface area (Å²) in [5.74, 6) is 0.226. The number of hydrogen-bond acceptors (Lipinski definition) is 4. The van der Waals surface area contributed by atoms with Gasteiger partial charge in [0.15, 0.2) is 11.0 Å². The molecule has 0 unspecified atom stereocenters. The first-order valence-corrected chi connectivity index (χ1v) is 10.4. The number of nitrogens with zero attached hydrogens (tertiary/aromatic N) is 3. The maximum Gasteiger partial charge on any atom is 0.234 e. The summed E-state index contributed by atoms with van der Waals surface area (Å²) in [6, 6.07) is 24.2. The van der Waals surface area contributed by atoms with Crippen molar-refractivity contribution in [1.82, 2.24) is 14.8 Å². The van der Waals surface area contributed by atoms with Gasteiger partial charge in [0, 0.05) is 16.9 Å². The quantitative estimate of drug-likeness (QED) is 0.442. The number of halogens is 1. The predicted octanol–water partition coefficient (Wildman–Crippen LogP) is 5.11. The number of carbonyl (C=O) groups is 1. The van der Waals surface area contributed by atoms with Crippen molar-refractivity contribution in [2.45, 2.75) is 12.1 Å². The number of nitrogens with one attached hydrogen (secondary N) is 1. The number of hydrogen-bond donors (Lipinski definition) is 1. The summed E-state index contributed by atoms with van der Waals surface area (Å²) in [5.41, 5.74) is 2.80. The number of rotatable bonds is 6. The standard InChI is InChI=1S/C23H19FN4OS/c1-16-12-13-18(14-20(16)24)25-21(29)15-30-23-27-26-22(17-8-4-2-5-9-17)28(23)19-10-6-3-7-11-19/h2-14H,15H2,1H3,(H,25,29). The number of aryl methyl sites for hydroxylation is 1. The van der Waals surface area contributed by atoms with Crippen LogP contribution in [0.2, 0.25) is 0 Å². The molecule has 0 fully saturated rings. The molecular weight excluding hydrogens is 399 g/mol. The molecule has 0 bridgehead atoms. The summed E-state index contributed by atoms with van der Waals surface area (Å²) < 4.78 is 15.6. The highest BCUT2D eigenvalue weighted by Gasteiger charge is 2.17. The molecule has 4 aromatic rings. The van der Waals surface area contributed by atoms with E-state index in [0.29, 0.717) is 22.2 Å². The summed E-state index contributed by atoms with van der Waals surface area (Å²) >= 11 is 1.28. The number of carbonyl (C=O) groups excluding carboxylic acids is 1. The first-order chi connectivity index (χ1) is 14.6. The zero-order valence-corrected chi connectivity index (χ0v) is 17.1. The lowest BCUT2D eigenvalue weighted by Gasteiger charge is -2.10. The molecular formula is C23H19FN4OS.